The molecule has 1 amide bonds. The minimum absolute atomic E-state index is 0.265. The molecular weight excluding hydrogens is 276 g/mol. The molecule has 4 nitrogen and oxygen atoms in total. The molecule has 0 saturated carbocycles. The number of nitrogens with zero attached hydrogens (tertiary/aromatic N) is 1. The fraction of sp³-hybridized carbons (Fsp3) is 0.222. The zero-order valence-corrected chi connectivity index (χ0v) is 12.7. The third-order valence-corrected chi connectivity index (χ3v) is 3.43. The van der Waals surface area contributed by atoms with E-state index in [1.807, 2.05) is 43.3 Å². The van der Waals surface area contributed by atoms with Crippen LogP contribution < -0.4 is 5.32 Å². The molecule has 2 rings (SSSR count). The Labute approximate surface area is 130 Å². The molecule has 0 spiro atoms. The Kier molecular flexibility index (Phi) is 5.29. The minimum atomic E-state index is -0.660. The highest BCUT2D eigenvalue weighted by molar-refractivity contribution is 5.94. The maximum Gasteiger partial charge on any atom is 0.252 e. The predicted octanol–water partition coefficient (Wildman–Crippen LogP) is 3.14. The molecule has 0 aliphatic rings. The van der Waals surface area contributed by atoms with Gasteiger partial charge in [0.05, 0.1) is 12.7 Å². The van der Waals surface area contributed by atoms with Gasteiger partial charge < -0.3 is 10.1 Å². The van der Waals surface area contributed by atoms with Crippen molar-refractivity contribution >= 4 is 5.91 Å². The van der Waals surface area contributed by atoms with Crippen LogP contribution in [0.2, 0.25) is 0 Å². The van der Waals surface area contributed by atoms with E-state index in [0.29, 0.717) is 12.2 Å². The van der Waals surface area contributed by atoms with E-state index in [1.54, 1.807) is 19.2 Å². The summed E-state index contributed by atoms with van der Waals surface area (Å²) in [5, 5.41) is 12.1. The van der Waals surface area contributed by atoms with Crippen molar-refractivity contribution in [1.29, 1.82) is 5.26 Å². The van der Waals surface area contributed by atoms with Crippen LogP contribution in [0.3, 0.4) is 0 Å². The monoisotopic (exact) mass is 294 g/mol. The summed E-state index contributed by atoms with van der Waals surface area (Å²) in [7, 11) is 1.63. The van der Waals surface area contributed by atoms with Gasteiger partial charge in [-0.3, -0.25) is 4.79 Å². The van der Waals surface area contributed by atoms with Crippen LogP contribution >= 0.6 is 0 Å². The second-order valence-corrected chi connectivity index (χ2v) is 5.02. The number of rotatable bonds is 5. The summed E-state index contributed by atoms with van der Waals surface area (Å²) in [5.41, 5.74) is 3.31. The van der Waals surface area contributed by atoms with Crippen molar-refractivity contribution in [3.05, 3.63) is 70.8 Å². The van der Waals surface area contributed by atoms with E-state index in [2.05, 4.69) is 11.4 Å². The van der Waals surface area contributed by atoms with Crippen LogP contribution in [0.1, 0.15) is 33.1 Å². The quantitative estimate of drug-likeness (QED) is 0.921. The molecule has 0 aliphatic heterocycles. The number of benzene rings is 2. The summed E-state index contributed by atoms with van der Waals surface area (Å²) in [4.78, 5) is 12.3. The molecular formula is C18H18N2O2. The van der Waals surface area contributed by atoms with Gasteiger partial charge in [0.2, 0.25) is 0 Å². The van der Waals surface area contributed by atoms with Gasteiger partial charge in [0.1, 0.15) is 6.04 Å². The molecule has 2 aromatic rings. The third-order valence-electron chi connectivity index (χ3n) is 3.43. The number of aryl methyl sites for hydroxylation is 1. The van der Waals surface area contributed by atoms with Gasteiger partial charge in [0.15, 0.2) is 0 Å². The highest BCUT2D eigenvalue weighted by Crippen LogP contribution is 2.17. The molecule has 0 saturated heterocycles. The summed E-state index contributed by atoms with van der Waals surface area (Å²) in [6.45, 7) is 2.43. The molecule has 112 valence electrons. The third kappa shape index (κ3) is 3.72. The Morgan fingerprint density at radius 2 is 1.91 bits per heavy atom. The number of hydrogen-bond acceptors (Lipinski definition) is 3. The van der Waals surface area contributed by atoms with Crippen molar-refractivity contribution in [2.45, 2.75) is 19.6 Å². The molecule has 0 aromatic heterocycles. The van der Waals surface area contributed by atoms with Crippen LogP contribution in [0.5, 0.6) is 0 Å². The SMILES string of the molecule is COCc1ccc(C(=O)NC(C#N)c2ccccc2C)cc1. The molecule has 4 heteroatoms. The first kappa shape index (κ1) is 15.7. The van der Waals surface area contributed by atoms with Crippen molar-refractivity contribution in [3.8, 4) is 6.07 Å². The van der Waals surface area contributed by atoms with Crippen LogP contribution in [-0.4, -0.2) is 13.0 Å². The van der Waals surface area contributed by atoms with Gasteiger partial charge in [-0.15, -0.1) is 0 Å². The normalized spacial score (nSPS) is 11.5. The number of nitrogens with one attached hydrogen (secondary N) is 1. The van der Waals surface area contributed by atoms with Crippen LogP contribution in [-0.2, 0) is 11.3 Å². The summed E-state index contributed by atoms with van der Waals surface area (Å²) >= 11 is 0. The zero-order chi connectivity index (χ0) is 15.9. The number of carbonyl (C=O) groups is 1. The van der Waals surface area contributed by atoms with Gasteiger partial charge in [0.25, 0.3) is 5.91 Å². The summed E-state index contributed by atoms with van der Waals surface area (Å²) in [6, 6.07) is 16.2. The zero-order valence-electron chi connectivity index (χ0n) is 12.7. The number of methoxy groups -OCH3 is 1. The number of nitriles is 1. The largest absolute Gasteiger partial charge is 0.380 e. The molecule has 0 aliphatic carbocycles. The first-order valence-electron chi connectivity index (χ1n) is 6.99. The maximum atomic E-state index is 12.3. The Hall–Kier alpha value is -2.64. The highest BCUT2D eigenvalue weighted by Gasteiger charge is 2.16. The van der Waals surface area contributed by atoms with Gasteiger partial charge in [-0.25, -0.2) is 0 Å². The topological polar surface area (TPSA) is 62.1 Å². The van der Waals surface area contributed by atoms with Crippen LogP contribution in [0.15, 0.2) is 48.5 Å². The van der Waals surface area contributed by atoms with Crippen LogP contribution in [0, 0.1) is 18.3 Å². The van der Waals surface area contributed by atoms with Crippen molar-refractivity contribution in [3.63, 3.8) is 0 Å². The van der Waals surface area contributed by atoms with Crippen molar-refractivity contribution in [2.75, 3.05) is 7.11 Å². The van der Waals surface area contributed by atoms with Gasteiger partial charge in [-0.05, 0) is 35.7 Å². The number of ether oxygens (including phenoxy) is 1. The Morgan fingerprint density at radius 1 is 1.23 bits per heavy atom. The van der Waals surface area contributed by atoms with E-state index in [9.17, 15) is 10.1 Å². The molecule has 1 N–H and O–H groups in total. The van der Waals surface area contributed by atoms with Crippen molar-refractivity contribution in [2.24, 2.45) is 0 Å². The highest BCUT2D eigenvalue weighted by atomic mass is 16.5. The Bertz CT molecular complexity index is 687. The smallest absolute Gasteiger partial charge is 0.252 e. The maximum absolute atomic E-state index is 12.3. The molecule has 22 heavy (non-hydrogen) atoms. The van der Waals surface area contributed by atoms with Gasteiger partial charge in [0, 0.05) is 12.7 Å². The fourth-order valence-corrected chi connectivity index (χ4v) is 2.22. The van der Waals surface area contributed by atoms with Crippen LogP contribution in [0.4, 0.5) is 0 Å². The second kappa shape index (κ2) is 7.39. The first-order chi connectivity index (χ1) is 10.7. The van der Waals surface area contributed by atoms with E-state index in [1.165, 1.54) is 0 Å². The van der Waals surface area contributed by atoms with E-state index < -0.39 is 6.04 Å². The molecule has 0 fully saturated rings. The summed E-state index contributed by atoms with van der Waals surface area (Å²) in [5.74, 6) is -0.265. The van der Waals surface area contributed by atoms with Gasteiger partial charge in [-0.2, -0.15) is 5.26 Å². The first-order valence-corrected chi connectivity index (χ1v) is 6.99. The molecule has 1 unspecified atom stereocenters. The average molecular weight is 294 g/mol. The summed E-state index contributed by atoms with van der Waals surface area (Å²) < 4.78 is 5.04. The molecule has 0 bridgehead atoms. The molecule has 0 heterocycles. The number of hydrogen-bond donors (Lipinski definition) is 1. The number of amides is 1. The van der Waals surface area contributed by atoms with Crippen molar-refractivity contribution < 1.29 is 9.53 Å². The standard InChI is InChI=1S/C18H18N2O2/c1-13-5-3-4-6-16(13)17(11-19)20-18(21)15-9-7-14(8-10-15)12-22-2/h3-10,17H,12H2,1-2H3,(H,20,21). The Balaban J connectivity index is 2.13. The second-order valence-electron chi connectivity index (χ2n) is 5.02. The molecule has 2 aromatic carbocycles. The molecule has 1 atom stereocenters. The Morgan fingerprint density at radius 3 is 2.50 bits per heavy atom. The van der Waals surface area contributed by atoms with E-state index >= 15 is 0 Å². The summed E-state index contributed by atoms with van der Waals surface area (Å²) in [6.07, 6.45) is 0. The van der Waals surface area contributed by atoms with E-state index in [4.69, 9.17) is 4.74 Å². The van der Waals surface area contributed by atoms with Gasteiger partial charge >= 0.3 is 0 Å². The van der Waals surface area contributed by atoms with Gasteiger partial charge in [-0.1, -0.05) is 36.4 Å². The van der Waals surface area contributed by atoms with Crippen molar-refractivity contribution in [1.82, 2.24) is 5.32 Å². The van der Waals surface area contributed by atoms with Crippen LogP contribution in [0.25, 0.3) is 0 Å². The number of carbonyl (C=O) groups excluding carboxylic acids is 1. The average Bonchev–Trinajstić information content (AvgIpc) is 2.54. The molecule has 0 radical (unpaired) electrons. The fourth-order valence-electron chi connectivity index (χ4n) is 2.22. The lowest BCUT2D eigenvalue weighted by Crippen LogP contribution is -2.28. The lowest BCUT2D eigenvalue weighted by Gasteiger charge is -2.14. The lowest BCUT2D eigenvalue weighted by molar-refractivity contribution is 0.0945. The van der Waals surface area contributed by atoms with E-state index in [0.717, 1.165) is 16.7 Å². The predicted molar refractivity (Wildman–Crippen MR) is 84.2 cm³/mol. The van der Waals surface area contributed by atoms with E-state index in [-0.39, 0.29) is 5.91 Å². The minimum Gasteiger partial charge on any atom is -0.380 e. The lowest BCUT2D eigenvalue weighted by atomic mass is 10.0.